The number of rotatable bonds is 7. The molecule has 0 aliphatic carbocycles. The van der Waals surface area contributed by atoms with Crippen molar-refractivity contribution in [1.29, 1.82) is 0 Å². The first-order chi connectivity index (χ1) is 15.5. The fraction of sp³-hybridized carbons (Fsp3) is 0.350. The SMILES string of the molecule is Cn1c(=O)c2c(ncn2CCCC(=O)Nc2ccccc2C(=O)NCC(F)(F)F)n(C)c1=O. The zero-order valence-electron chi connectivity index (χ0n) is 17.8. The van der Waals surface area contributed by atoms with Gasteiger partial charge in [0.2, 0.25) is 5.91 Å². The van der Waals surface area contributed by atoms with Gasteiger partial charge in [-0.1, -0.05) is 12.1 Å². The van der Waals surface area contributed by atoms with Gasteiger partial charge in [0.15, 0.2) is 11.2 Å². The summed E-state index contributed by atoms with van der Waals surface area (Å²) < 4.78 is 40.8. The number of aromatic nitrogens is 4. The van der Waals surface area contributed by atoms with E-state index in [2.05, 4.69) is 10.3 Å². The normalized spacial score (nSPS) is 11.5. The summed E-state index contributed by atoms with van der Waals surface area (Å²) in [6.45, 7) is -1.23. The molecule has 2 amide bonds. The van der Waals surface area contributed by atoms with E-state index in [4.69, 9.17) is 0 Å². The van der Waals surface area contributed by atoms with Gasteiger partial charge in [0.25, 0.3) is 11.5 Å². The van der Waals surface area contributed by atoms with Crippen molar-refractivity contribution in [3.63, 3.8) is 0 Å². The summed E-state index contributed by atoms with van der Waals surface area (Å²) in [4.78, 5) is 53.0. The number of alkyl halides is 3. The lowest BCUT2D eigenvalue weighted by molar-refractivity contribution is -0.123. The maximum atomic E-state index is 12.4. The van der Waals surface area contributed by atoms with Gasteiger partial charge in [-0.05, 0) is 18.6 Å². The third kappa shape index (κ3) is 5.30. The highest BCUT2D eigenvalue weighted by molar-refractivity contribution is 6.03. The smallest absolute Gasteiger partial charge is 0.343 e. The van der Waals surface area contributed by atoms with Gasteiger partial charge in [-0.3, -0.25) is 23.5 Å². The van der Waals surface area contributed by atoms with Gasteiger partial charge in [0.1, 0.15) is 6.54 Å². The number of hydrogen-bond donors (Lipinski definition) is 2. The number of carbonyl (C=O) groups is 2. The molecule has 0 bridgehead atoms. The Balaban J connectivity index is 1.65. The van der Waals surface area contributed by atoms with Crippen molar-refractivity contribution < 1.29 is 22.8 Å². The number of imidazole rings is 1. The topological polar surface area (TPSA) is 120 Å². The van der Waals surface area contributed by atoms with Crippen molar-refractivity contribution >= 4 is 28.7 Å². The highest BCUT2D eigenvalue weighted by Crippen LogP contribution is 2.17. The van der Waals surface area contributed by atoms with Crippen LogP contribution in [0.1, 0.15) is 23.2 Å². The molecule has 2 N–H and O–H groups in total. The van der Waals surface area contributed by atoms with Gasteiger partial charge in [-0.2, -0.15) is 13.2 Å². The minimum atomic E-state index is -4.56. The third-order valence-corrected chi connectivity index (χ3v) is 4.92. The van der Waals surface area contributed by atoms with Gasteiger partial charge in [-0.25, -0.2) is 9.78 Å². The van der Waals surface area contributed by atoms with E-state index < -0.39 is 35.8 Å². The summed E-state index contributed by atoms with van der Waals surface area (Å²) >= 11 is 0. The number of carbonyl (C=O) groups excluding carboxylic acids is 2. The summed E-state index contributed by atoms with van der Waals surface area (Å²) in [7, 11) is 2.86. The van der Waals surface area contributed by atoms with E-state index in [1.165, 1.54) is 49.3 Å². The average molecular weight is 466 g/mol. The van der Waals surface area contributed by atoms with Gasteiger partial charge >= 0.3 is 11.9 Å². The molecule has 0 saturated carbocycles. The Morgan fingerprint density at radius 1 is 1.09 bits per heavy atom. The van der Waals surface area contributed by atoms with Crippen LogP contribution < -0.4 is 21.9 Å². The molecular formula is C20H21F3N6O4. The zero-order chi connectivity index (χ0) is 24.3. The lowest BCUT2D eigenvalue weighted by Gasteiger charge is -2.12. The number of nitrogens with one attached hydrogen (secondary N) is 2. The molecule has 13 heteroatoms. The number of anilines is 1. The summed E-state index contributed by atoms with van der Waals surface area (Å²) in [5.41, 5.74) is -0.568. The van der Waals surface area contributed by atoms with Crippen LogP contribution in [0.25, 0.3) is 11.2 Å². The van der Waals surface area contributed by atoms with Crippen molar-refractivity contribution in [3.05, 3.63) is 57.0 Å². The minimum Gasteiger partial charge on any atom is -0.343 e. The molecule has 1 aromatic carbocycles. The first-order valence-electron chi connectivity index (χ1n) is 9.84. The Morgan fingerprint density at radius 3 is 2.48 bits per heavy atom. The molecule has 0 atom stereocenters. The number of halogens is 3. The molecule has 0 spiro atoms. The molecule has 0 aliphatic heterocycles. The molecule has 2 heterocycles. The van der Waals surface area contributed by atoms with Crippen LogP contribution in [-0.4, -0.2) is 43.2 Å². The highest BCUT2D eigenvalue weighted by atomic mass is 19.4. The number of para-hydroxylation sites is 1. The van der Waals surface area contributed by atoms with Gasteiger partial charge in [0, 0.05) is 27.1 Å². The Labute approximate surface area is 184 Å². The molecule has 0 unspecified atom stereocenters. The summed E-state index contributed by atoms with van der Waals surface area (Å²) in [6.07, 6.45) is -2.85. The predicted molar refractivity (Wildman–Crippen MR) is 113 cm³/mol. The second-order valence-electron chi connectivity index (χ2n) is 7.31. The van der Waals surface area contributed by atoms with Crippen LogP contribution in [0.15, 0.2) is 40.2 Å². The highest BCUT2D eigenvalue weighted by Gasteiger charge is 2.28. The molecule has 3 aromatic rings. The van der Waals surface area contributed by atoms with Crippen molar-refractivity contribution in [2.75, 3.05) is 11.9 Å². The van der Waals surface area contributed by atoms with Crippen molar-refractivity contribution in [2.24, 2.45) is 14.1 Å². The van der Waals surface area contributed by atoms with Crippen LogP contribution in [0.3, 0.4) is 0 Å². The van der Waals surface area contributed by atoms with Gasteiger partial charge < -0.3 is 15.2 Å². The quantitative estimate of drug-likeness (QED) is 0.541. The minimum absolute atomic E-state index is 0.00422. The molecule has 0 fully saturated rings. The second kappa shape index (κ2) is 9.30. The maximum absolute atomic E-state index is 12.4. The van der Waals surface area contributed by atoms with Crippen LogP contribution >= 0.6 is 0 Å². The standard InChI is InChI=1S/C20H21F3N6O4/c1-27-16-15(18(32)28(2)19(27)33)29(11-25-16)9-5-8-14(30)26-13-7-4-3-6-12(13)17(31)24-10-20(21,22)23/h3-4,6-7,11H,5,8-10H2,1-2H3,(H,24,31)(H,26,30). The lowest BCUT2D eigenvalue weighted by Crippen LogP contribution is -2.37. The molecule has 176 valence electrons. The van der Waals surface area contributed by atoms with Crippen LogP contribution in [0.4, 0.5) is 18.9 Å². The Bertz CT molecular complexity index is 1320. The molecule has 0 aliphatic rings. The van der Waals surface area contributed by atoms with E-state index in [1.807, 2.05) is 0 Å². The van der Waals surface area contributed by atoms with E-state index >= 15 is 0 Å². The number of hydrogen-bond acceptors (Lipinski definition) is 5. The molecule has 33 heavy (non-hydrogen) atoms. The summed E-state index contributed by atoms with van der Waals surface area (Å²) in [6, 6.07) is 5.72. The Hall–Kier alpha value is -3.90. The van der Waals surface area contributed by atoms with Gasteiger partial charge in [0.05, 0.1) is 17.6 Å². The largest absolute Gasteiger partial charge is 0.405 e. The molecule has 0 saturated heterocycles. The molecule has 3 rings (SSSR count). The molecule has 10 nitrogen and oxygen atoms in total. The Kier molecular flexibility index (Phi) is 6.70. The average Bonchev–Trinajstić information content (AvgIpc) is 3.18. The van der Waals surface area contributed by atoms with Crippen molar-refractivity contribution in [3.8, 4) is 0 Å². The molecule has 0 radical (unpaired) electrons. The fourth-order valence-corrected chi connectivity index (χ4v) is 3.26. The number of nitrogens with zero attached hydrogens (tertiary/aromatic N) is 4. The lowest BCUT2D eigenvalue weighted by atomic mass is 10.1. The van der Waals surface area contributed by atoms with Crippen LogP contribution in [-0.2, 0) is 25.4 Å². The third-order valence-electron chi connectivity index (χ3n) is 4.92. The number of aryl methyl sites for hydroxylation is 2. The van der Waals surface area contributed by atoms with E-state index in [1.54, 1.807) is 9.88 Å². The van der Waals surface area contributed by atoms with E-state index in [-0.39, 0.29) is 35.4 Å². The monoisotopic (exact) mass is 466 g/mol. The van der Waals surface area contributed by atoms with Crippen LogP contribution in [0.5, 0.6) is 0 Å². The molecule has 2 aromatic heterocycles. The van der Waals surface area contributed by atoms with Crippen LogP contribution in [0.2, 0.25) is 0 Å². The first kappa shape index (κ1) is 23.8. The van der Waals surface area contributed by atoms with E-state index in [0.29, 0.717) is 6.42 Å². The predicted octanol–water partition coefficient (Wildman–Crippen LogP) is 1.14. The van der Waals surface area contributed by atoms with E-state index in [9.17, 15) is 32.3 Å². The summed E-state index contributed by atoms with van der Waals surface area (Å²) in [5, 5.41) is 4.29. The Morgan fingerprint density at radius 2 is 1.79 bits per heavy atom. The van der Waals surface area contributed by atoms with Crippen molar-refractivity contribution in [1.82, 2.24) is 24.0 Å². The zero-order valence-corrected chi connectivity index (χ0v) is 17.8. The van der Waals surface area contributed by atoms with Crippen LogP contribution in [0, 0.1) is 0 Å². The van der Waals surface area contributed by atoms with E-state index in [0.717, 1.165) is 4.57 Å². The maximum Gasteiger partial charge on any atom is 0.405 e. The number of fused-ring (bicyclic) bond motifs is 1. The fourth-order valence-electron chi connectivity index (χ4n) is 3.26. The summed E-state index contributed by atoms with van der Waals surface area (Å²) in [5.74, 6) is -1.43. The first-order valence-corrected chi connectivity index (χ1v) is 9.84. The van der Waals surface area contributed by atoms with Gasteiger partial charge in [-0.15, -0.1) is 0 Å². The molecular weight excluding hydrogens is 445 g/mol. The number of benzene rings is 1. The van der Waals surface area contributed by atoms with Crippen molar-refractivity contribution in [2.45, 2.75) is 25.6 Å². The number of amides is 2. The second-order valence-corrected chi connectivity index (χ2v) is 7.31.